The molecule has 0 saturated heterocycles. The van der Waals surface area contributed by atoms with Gasteiger partial charge in [-0.15, -0.1) is 11.3 Å². The Morgan fingerprint density at radius 3 is 2.76 bits per heavy atom. The summed E-state index contributed by atoms with van der Waals surface area (Å²) in [4.78, 5) is 15.5. The number of halogens is 2. The summed E-state index contributed by atoms with van der Waals surface area (Å²) in [6.45, 7) is 0. The topological polar surface area (TPSA) is 42.0 Å². The lowest BCUT2D eigenvalue weighted by molar-refractivity contribution is -0.113. The molecular weight excluding hydrogens is 324 g/mol. The van der Waals surface area contributed by atoms with Crippen LogP contribution in [-0.4, -0.2) is 16.2 Å². The Bertz CT molecular complexity index is 527. The predicted molar refractivity (Wildman–Crippen MR) is 75.0 cm³/mol. The van der Waals surface area contributed by atoms with Gasteiger partial charge in [-0.05, 0) is 12.1 Å². The third-order valence-corrected chi connectivity index (χ3v) is 3.53. The van der Waals surface area contributed by atoms with Crippen molar-refractivity contribution in [1.29, 1.82) is 0 Å². The number of aromatic nitrogens is 1. The molecule has 0 saturated carbocycles. The zero-order valence-electron chi connectivity index (χ0n) is 8.61. The van der Waals surface area contributed by atoms with Crippen molar-refractivity contribution in [3.8, 4) is 11.3 Å². The maximum absolute atomic E-state index is 11.2. The summed E-state index contributed by atoms with van der Waals surface area (Å²) in [5.74, 6) is -0.109. The summed E-state index contributed by atoms with van der Waals surface area (Å²) in [5.41, 5.74) is 1.81. The lowest BCUT2D eigenvalue weighted by Gasteiger charge is -1.97. The molecule has 0 spiro atoms. The lowest BCUT2D eigenvalue weighted by atomic mass is 10.2. The van der Waals surface area contributed by atoms with Crippen LogP contribution in [0.25, 0.3) is 11.3 Å². The van der Waals surface area contributed by atoms with Crippen LogP contribution in [0.2, 0.25) is 5.02 Å². The third-order valence-electron chi connectivity index (χ3n) is 2.01. The molecule has 1 aromatic carbocycles. The zero-order valence-corrected chi connectivity index (χ0v) is 11.8. The van der Waals surface area contributed by atoms with Crippen molar-refractivity contribution in [3.05, 3.63) is 34.7 Å². The standard InChI is InChI=1S/C11H8BrClN2OS/c12-5-10(16)15-11-14-9(6-17-11)7-1-3-8(13)4-2-7/h1-4,6H,5H2,(H,14,15,16). The highest BCUT2D eigenvalue weighted by atomic mass is 79.9. The molecule has 1 aromatic heterocycles. The summed E-state index contributed by atoms with van der Waals surface area (Å²) >= 11 is 10.3. The molecule has 88 valence electrons. The van der Waals surface area contributed by atoms with Crippen LogP contribution < -0.4 is 5.32 Å². The van der Waals surface area contributed by atoms with Gasteiger partial charge in [0.1, 0.15) is 0 Å². The minimum atomic E-state index is -0.109. The fourth-order valence-corrected chi connectivity index (χ4v) is 2.24. The van der Waals surface area contributed by atoms with E-state index < -0.39 is 0 Å². The fraction of sp³-hybridized carbons (Fsp3) is 0.0909. The first kappa shape index (κ1) is 12.5. The van der Waals surface area contributed by atoms with Gasteiger partial charge < -0.3 is 5.32 Å². The molecule has 0 atom stereocenters. The molecule has 0 unspecified atom stereocenters. The van der Waals surface area contributed by atoms with Crippen molar-refractivity contribution >= 4 is 49.9 Å². The molecule has 0 aliphatic carbocycles. The van der Waals surface area contributed by atoms with Crippen LogP contribution in [0.3, 0.4) is 0 Å². The van der Waals surface area contributed by atoms with Gasteiger partial charge in [0.2, 0.25) is 5.91 Å². The number of hydrogen-bond acceptors (Lipinski definition) is 3. The van der Waals surface area contributed by atoms with Crippen molar-refractivity contribution in [1.82, 2.24) is 4.98 Å². The highest BCUT2D eigenvalue weighted by Gasteiger charge is 2.06. The minimum absolute atomic E-state index is 0.109. The quantitative estimate of drug-likeness (QED) is 0.869. The highest BCUT2D eigenvalue weighted by Crippen LogP contribution is 2.25. The van der Waals surface area contributed by atoms with Crippen LogP contribution in [0, 0.1) is 0 Å². The number of rotatable bonds is 3. The Balaban J connectivity index is 2.18. The molecule has 0 radical (unpaired) electrons. The average Bonchev–Trinajstić information content (AvgIpc) is 2.78. The van der Waals surface area contributed by atoms with E-state index in [0.29, 0.717) is 10.2 Å². The van der Waals surface area contributed by atoms with Crippen LogP contribution >= 0.6 is 38.9 Å². The van der Waals surface area contributed by atoms with Crippen molar-refractivity contribution in [2.24, 2.45) is 0 Å². The number of benzene rings is 1. The summed E-state index contributed by atoms with van der Waals surface area (Å²) < 4.78 is 0. The van der Waals surface area contributed by atoms with Crippen LogP contribution in [0.15, 0.2) is 29.6 Å². The van der Waals surface area contributed by atoms with Crippen LogP contribution in [0.5, 0.6) is 0 Å². The molecule has 0 fully saturated rings. The first-order chi connectivity index (χ1) is 8.19. The van der Waals surface area contributed by atoms with Gasteiger partial charge in [-0.1, -0.05) is 39.7 Å². The number of carbonyl (C=O) groups excluding carboxylic acids is 1. The van der Waals surface area contributed by atoms with E-state index in [0.717, 1.165) is 11.3 Å². The molecule has 17 heavy (non-hydrogen) atoms. The van der Waals surface area contributed by atoms with E-state index in [2.05, 4.69) is 26.2 Å². The number of nitrogens with one attached hydrogen (secondary N) is 1. The number of amides is 1. The third kappa shape index (κ3) is 3.28. The summed E-state index contributed by atoms with van der Waals surface area (Å²) in [5, 5.41) is 6.14. The lowest BCUT2D eigenvalue weighted by Crippen LogP contribution is -2.11. The second kappa shape index (κ2) is 5.62. The van der Waals surface area contributed by atoms with Crippen LogP contribution in [0.4, 0.5) is 5.13 Å². The maximum atomic E-state index is 11.2. The molecule has 0 bridgehead atoms. The molecule has 1 N–H and O–H groups in total. The molecule has 2 aromatic rings. The number of thiazole rings is 1. The van der Waals surface area contributed by atoms with Crippen LogP contribution in [-0.2, 0) is 4.79 Å². The highest BCUT2D eigenvalue weighted by molar-refractivity contribution is 9.09. The molecule has 1 heterocycles. The number of hydrogen-bond donors (Lipinski definition) is 1. The smallest absolute Gasteiger partial charge is 0.236 e. The van der Waals surface area contributed by atoms with E-state index in [4.69, 9.17) is 11.6 Å². The van der Waals surface area contributed by atoms with Gasteiger partial charge >= 0.3 is 0 Å². The Morgan fingerprint density at radius 1 is 1.41 bits per heavy atom. The second-order valence-electron chi connectivity index (χ2n) is 3.23. The Labute approximate surface area is 116 Å². The van der Waals surface area contributed by atoms with Gasteiger partial charge in [0.25, 0.3) is 0 Å². The Morgan fingerprint density at radius 2 is 2.12 bits per heavy atom. The van der Waals surface area contributed by atoms with Gasteiger partial charge in [0, 0.05) is 16.0 Å². The molecule has 0 aliphatic rings. The molecule has 0 aliphatic heterocycles. The minimum Gasteiger partial charge on any atom is -0.301 e. The number of nitrogens with zero attached hydrogens (tertiary/aromatic N) is 1. The van der Waals surface area contributed by atoms with E-state index in [9.17, 15) is 4.79 Å². The van der Waals surface area contributed by atoms with Crippen molar-refractivity contribution < 1.29 is 4.79 Å². The van der Waals surface area contributed by atoms with Gasteiger partial charge in [-0.3, -0.25) is 4.79 Å². The Kier molecular flexibility index (Phi) is 4.15. The fourth-order valence-electron chi connectivity index (χ4n) is 1.24. The van der Waals surface area contributed by atoms with E-state index in [1.54, 1.807) is 0 Å². The largest absolute Gasteiger partial charge is 0.301 e. The van der Waals surface area contributed by atoms with Gasteiger partial charge in [0.15, 0.2) is 5.13 Å². The molecule has 3 nitrogen and oxygen atoms in total. The predicted octanol–water partition coefficient (Wildman–Crippen LogP) is 3.80. The van der Waals surface area contributed by atoms with Crippen molar-refractivity contribution in [2.75, 3.05) is 10.6 Å². The molecule has 6 heteroatoms. The van der Waals surface area contributed by atoms with E-state index in [1.807, 2.05) is 29.6 Å². The van der Waals surface area contributed by atoms with Crippen LogP contribution in [0.1, 0.15) is 0 Å². The van der Waals surface area contributed by atoms with E-state index >= 15 is 0 Å². The van der Waals surface area contributed by atoms with Gasteiger partial charge in [-0.25, -0.2) is 4.98 Å². The number of alkyl halides is 1. The maximum Gasteiger partial charge on any atom is 0.236 e. The molecular formula is C11H8BrClN2OS. The van der Waals surface area contributed by atoms with E-state index in [1.165, 1.54) is 11.3 Å². The van der Waals surface area contributed by atoms with Gasteiger partial charge in [0.05, 0.1) is 11.0 Å². The van der Waals surface area contributed by atoms with Crippen molar-refractivity contribution in [3.63, 3.8) is 0 Å². The monoisotopic (exact) mass is 330 g/mol. The summed E-state index contributed by atoms with van der Waals surface area (Å²) in [7, 11) is 0. The normalized spacial score (nSPS) is 10.2. The Hall–Kier alpha value is -0.910. The number of carbonyl (C=O) groups is 1. The second-order valence-corrected chi connectivity index (χ2v) is 5.08. The number of anilines is 1. The summed E-state index contributed by atoms with van der Waals surface area (Å²) in [6, 6.07) is 7.42. The SMILES string of the molecule is O=C(CBr)Nc1nc(-c2ccc(Cl)cc2)cs1. The average molecular weight is 332 g/mol. The summed E-state index contributed by atoms with van der Waals surface area (Å²) in [6.07, 6.45) is 0. The van der Waals surface area contributed by atoms with Crippen molar-refractivity contribution in [2.45, 2.75) is 0 Å². The first-order valence-electron chi connectivity index (χ1n) is 4.76. The molecule has 2 rings (SSSR count). The van der Waals surface area contributed by atoms with Gasteiger partial charge in [-0.2, -0.15) is 0 Å². The zero-order chi connectivity index (χ0) is 12.3. The first-order valence-corrected chi connectivity index (χ1v) is 7.14. The van der Waals surface area contributed by atoms with E-state index in [-0.39, 0.29) is 11.2 Å². The molecule has 1 amide bonds.